The molecule has 24 heavy (non-hydrogen) atoms. The summed E-state index contributed by atoms with van der Waals surface area (Å²) in [6.45, 7) is 2.19. The fraction of sp³-hybridized carbons (Fsp3) is 0.267. The summed E-state index contributed by atoms with van der Waals surface area (Å²) >= 11 is 6.76. The van der Waals surface area contributed by atoms with E-state index in [0.29, 0.717) is 41.9 Å². The monoisotopic (exact) mass is 386 g/mol. The van der Waals surface area contributed by atoms with Crippen LogP contribution >= 0.6 is 22.9 Å². The van der Waals surface area contributed by atoms with E-state index in [1.807, 2.05) is 0 Å². The number of nitrogens with one attached hydrogen (secondary N) is 1. The minimum atomic E-state index is -3.67. The number of benzene rings is 1. The first-order valence-corrected chi connectivity index (χ1v) is 9.89. The SMILES string of the molecule is O=C(c1ccc(NS(=O)(=O)c2ccc(Cl)s2)cc1)N1CCOCC1. The molecule has 1 amide bonds. The van der Waals surface area contributed by atoms with E-state index in [9.17, 15) is 13.2 Å². The van der Waals surface area contributed by atoms with Gasteiger partial charge in [0.1, 0.15) is 4.21 Å². The molecule has 6 nitrogen and oxygen atoms in total. The molecule has 0 aliphatic carbocycles. The minimum Gasteiger partial charge on any atom is -0.378 e. The van der Waals surface area contributed by atoms with Gasteiger partial charge in [-0.2, -0.15) is 0 Å². The molecule has 0 bridgehead atoms. The van der Waals surface area contributed by atoms with Crippen molar-refractivity contribution in [2.45, 2.75) is 4.21 Å². The average Bonchev–Trinajstić information content (AvgIpc) is 3.03. The number of carbonyl (C=O) groups excluding carboxylic acids is 1. The molecular formula is C15H15ClN2O4S2. The first kappa shape index (κ1) is 17.2. The van der Waals surface area contributed by atoms with Crippen molar-refractivity contribution in [3.05, 3.63) is 46.3 Å². The molecule has 0 unspecified atom stereocenters. The second-order valence-corrected chi connectivity index (χ2v) is 8.77. The third-order valence-corrected chi connectivity index (χ3v) is 6.60. The first-order valence-electron chi connectivity index (χ1n) is 7.21. The summed E-state index contributed by atoms with van der Waals surface area (Å²) in [4.78, 5) is 14.1. The molecule has 1 aliphatic heterocycles. The fourth-order valence-corrected chi connectivity index (χ4v) is 4.82. The Kier molecular flexibility index (Phi) is 5.09. The van der Waals surface area contributed by atoms with Gasteiger partial charge in [0, 0.05) is 24.3 Å². The van der Waals surface area contributed by atoms with E-state index in [2.05, 4.69) is 4.72 Å². The second kappa shape index (κ2) is 7.10. The number of thiophene rings is 1. The Labute approximate surface area is 149 Å². The van der Waals surface area contributed by atoms with Crippen LogP contribution < -0.4 is 4.72 Å². The standard InChI is InChI=1S/C15H15ClN2O4S2/c16-13-5-6-14(23-13)24(20,21)17-12-3-1-11(2-4-12)15(19)18-7-9-22-10-8-18/h1-6,17H,7-10H2. The first-order chi connectivity index (χ1) is 11.5. The molecule has 1 fully saturated rings. The highest BCUT2D eigenvalue weighted by Crippen LogP contribution is 2.27. The molecule has 128 valence electrons. The van der Waals surface area contributed by atoms with Crippen LogP contribution in [0.4, 0.5) is 5.69 Å². The predicted molar refractivity (Wildman–Crippen MR) is 93.3 cm³/mol. The number of amides is 1. The van der Waals surface area contributed by atoms with Gasteiger partial charge in [0.05, 0.1) is 17.6 Å². The smallest absolute Gasteiger partial charge is 0.271 e. The van der Waals surface area contributed by atoms with E-state index in [0.717, 1.165) is 11.3 Å². The number of anilines is 1. The molecule has 1 N–H and O–H groups in total. The quantitative estimate of drug-likeness (QED) is 0.876. The highest BCUT2D eigenvalue weighted by Gasteiger charge is 2.19. The summed E-state index contributed by atoms with van der Waals surface area (Å²) in [6.07, 6.45) is 0. The lowest BCUT2D eigenvalue weighted by molar-refractivity contribution is 0.0303. The lowest BCUT2D eigenvalue weighted by Crippen LogP contribution is -2.40. The zero-order chi connectivity index (χ0) is 17.2. The summed E-state index contributed by atoms with van der Waals surface area (Å²) < 4.78 is 32.7. The number of carbonyl (C=O) groups is 1. The molecule has 0 radical (unpaired) electrons. The van der Waals surface area contributed by atoms with Gasteiger partial charge in [0.2, 0.25) is 0 Å². The molecule has 0 saturated carbocycles. The summed E-state index contributed by atoms with van der Waals surface area (Å²) in [5.41, 5.74) is 0.900. The molecule has 1 saturated heterocycles. The maximum absolute atomic E-state index is 12.3. The van der Waals surface area contributed by atoms with Crippen LogP contribution in [0.25, 0.3) is 0 Å². The van der Waals surface area contributed by atoms with Gasteiger partial charge < -0.3 is 9.64 Å². The molecule has 2 heterocycles. The molecule has 0 atom stereocenters. The molecule has 1 aliphatic rings. The van der Waals surface area contributed by atoms with Gasteiger partial charge in [-0.15, -0.1) is 11.3 Å². The lowest BCUT2D eigenvalue weighted by atomic mass is 10.2. The molecular weight excluding hydrogens is 372 g/mol. The number of rotatable bonds is 4. The zero-order valence-electron chi connectivity index (χ0n) is 12.6. The zero-order valence-corrected chi connectivity index (χ0v) is 15.0. The Morgan fingerprint density at radius 2 is 1.79 bits per heavy atom. The summed E-state index contributed by atoms with van der Waals surface area (Å²) in [5, 5.41) is 0. The van der Waals surface area contributed by atoms with E-state index >= 15 is 0 Å². The van der Waals surface area contributed by atoms with Gasteiger partial charge in [-0.25, -0.2) is 8.42 Å². The minimum absolute atomic E-state index is 0.0854. The van der Waals surface area contributed by atoms with Crippen LogP contribution in [0, 0.1) is 0 Å². The molecule has 2 aromatic rings. The van der Waals surface area contributed by atoms with E-state index in [4.69, 9.17) is 16.3 Å². The molecule has 0 spiro atoms. The number of morpholine rings is 1. The number of nitrogens with zero attached hydrogens (tertiary/aromatic N) is 1. The lowest BCUT2D eigenvalue weighted by Gasteiger charge is -2.26. The fourth-order valence-electron chi connectivity index (χ4n) is 2.28. The normalized spacial score (nSPS) is 15.3. The van der Waals surface area contributed by atoms with Crippen molar-refractivity contribution < 1.29 is 17.9 Å². The number of halogens is 1. The van der Waals surface area contributed by atoms with Gasteiger partial charge in [-0.1, -0.05) is 11.6 Å². The van der Waals surface area contributed by atoms with Crippen LogP contribution in [0.5, 0.6) is 0 Å². The van der Waals surface area contributed by atoms with Crippen molar-refractivity contribution in [2.24, 2.45) is 0 Å². The Morgan fingerprint density at radius 1 is 1.12 bits per heavy atom. The van der Waals surface area contributed by atoms with Crippen molar-refractivity contribution >= 4 is 44.6 Å². The largest absolute Gasteiger partial charge is 0.378 e. The Bertz CT molecular complexity index is 827. The molecule has 1 aromatic carbocycles. The van der Waals surface area contributed by atoms with Gasteiger partial charge in [0.15, 0.2) is 0 Å². The molecule has 3 rings (SSSR count). The van der Waals surface area contributed by atoms with Crippen molar-refractivity contribution in [1.29, 1.82) is 0 Å². The third kappa shape index (κ3) is 3.89. The van der Waals surface area contributed by atoms with Crippen molar-refractivity contribution in [3.63, 3.8) is 0 Å². The van der Waals surface area contributed by atoms with Crippen LogP contribution in [0.15, 0.2) is 40.6 Å². The second-order valence-electron chi connectivity index (χ2n) is 5.15. The average molecular weight is 387 g/mol. The van der Waals surface area contributed by atoms with E-state index in [1.54, 1.807) is 29.2 Å². The maximum atomic E-state index is 12.3. The molecule has 1 aromatic heterocycles. The van der Waals surface area contributed by atoms with Crippen LogP contribution in [0.2, 0.25) is 4.34 Å². The van der Waals surface area contributed by atoms with Gasteiger partial charge in [0.25, 0.3) is 15.9 Å². The number of ether oxygens (including phenoxy) is 1. The highest BCUT2D eigenvalue weighted by atomic mass is 35.5. The number of hydrogen-bond acceptors (Lipinski definition) is 5. The Morgan fingerprint density at radius 3 is 2.38 bits per heavy atom. The summed E-state index contributed by atoms with van der Waals surface area (Å²) in [6, 6.07) is 9.34. The maximum Gasteiger partial charge on any atom is 0.271 e. The Hall–Kier alpha value is -1.61. The van der Waals surface area contributed by atoms with Crippen LogP contribution in [0.1, 0.15) is 10.4 Å². The number of sulfonamides is 1. The van der Waals surface area contributed by atoms with Crippen molar-refractivity contribution in [1.82, 2.24) is 4.90 Å². The van der Waals surface area contributed by atoms with E-state index in [1.165, 1.54) is 12.1 Å². The predicted octanol–water partition coefficient (Wildman–Crippen LogP) is 2.67. The highest BCUT2D eigenvalue weighted by molar-refractivity contribution is 7.94. The van der Waals surface area contributed by atoms with E-state index < -0.39 is 10.0 Å². The summed E-state index contributed by atoms with van der Waals surface area (Å²) in [5.74, 6) is -0.0854. The summed E-state index contributed by atoms with van der Waals surface area (Å²) in [7, 11) is -3.67. The van der Waals surface area contributed by atoms with Crippen molar-refractivity contribution in [3.8, 4) is 0 Å². The molecule has 9 heteroatoms. The topological polar surface area (TPSA) is 75.7 Å². The van der Waals surface area contributed by atoms with E-state index in [-0.39, 0.29) is 10.1 Å². The van der Waals surface area contributed by atoms with Crippen LogP contribution in [-0.4, -0.2) is 45.5 Å². The van der Waals surface area contributed by atoms with Crippen LogP contribution in [-0.2, 0) is 14.8 Å². The van der Waals surface area contributed by atoms with Crippen LogP contribution in [0.3, 0.4) is 0 Å². The third-order valence-electron chi connectivity index (χ3n) is 3.50. The van der Waals surface area contributed by atoms with Gasteiger partial charge in [-0.05, 0) is 36.4 Å². The van der Waals surface area contributed by atoms with Gasteiger partial charge in [-0.3, -0.25) is 9.52 Å². The Balaban J connectivity index is 1.71. The van der Waals surface area contributed by atoms with Crippen molar-refractivity contribution in [2.75, 3.05) is 31.0 Å². The number of hydrogen-bond donors (Lipinski definition) is 1. The van der Waals surface area contributed by atoms with Gasteiger partial charge >= 0.3 is 0 Å².